The van der Waals surface area contributed by atoms with Gasteiger partial charge in [-0.2, -0.15) is 17.7 Å². The maximum absolute atomic E-state index is 10.7. The summed E-state index contributed by atoms with van der Waals surface area (Å²) in [6.07, 6.45) is 2.75. The highest BCUT2D eigenvalue weighted by atomic mass is 35.5. The van der Waals surface area contributed by atoms with E-state index in [1.54, 1.807) is 0 Å². The highest BCUT2D eigenvalue weighted by Gasteiger charge is 2.37. The van der Waals surface area contributed by atoms with Crippen molar-refractivity contribution in [3.05, 3.63) is 132 Å². The number of alkyl halides is 3. The van der Waals surface area contributed by atoms with E-state index < -0.39 is 15.6 Å². The Morgan fingerprint density at radius 1 is 0.732 bits per heavy atom. The van der Waals surface area contributed by atoms with Gasteiger partial charge in [0.2, 0.25) is 11.4 Å². The van der Waals surface area contributed by atoms with Gasteiger partial charge >= 0.3 is 5.51 Å². The molecule has 5 aromatic rings. The molecule has 210 valence electrons. The zero-order chi connectivity index (χ0) is 29.5. The number of nitrogens with zero attached hydrogens (tertiary/aromatic N) is 2. The molecule has 0 N–H and O–H groups in total. The lowest BCUT2D eigenvalue weighted by Crippen LogP contribution is -2.40. The summed E-state index contributed by atoms with van der Waals surface area (Å²) in [5.74, 6) is 0. The van der Waals surface area contributed by atoms with E-state index in [4.69, 9.17) is 29.6 Å². The Hall–Kier alpha value is -4.05. The van der Waals surface area contributed by atoms with Gasteiger partial charge in [0, 0.05) is 35.3 Å². The topological polar surface area (TPSA) is 74.0 Å². The Labute approximate surface area is 241 Å². The molecule has 0 saturated carbocycles. The first-order valence-electron chi connectivity index (χ1n) is 12.4. The molecule has 3 aromatic carbocycles. The summed E-state index contributed by atoms with van der Waals surface area (Å²) in [5.41, 5.74) is 2.40. The first-order chi connectivity index (χ1) is 19.5. The molecule has 0 radical (unpaired) electrons. The van der Waals surface area contributed by atoms with Gasteiger partial charge in [-0.3, -0.25) is 0 Å². The Kier molecular flexibility index (Phi) is 9.54. The minimum atomic E-state index is -6.09. The second kappa shape index (κ2) is 13.1. The fourth-order valence-electron chi connectivity index (χ4n) is 4.13. The van der Waals surface area contributed by atoms with Crippen molar-refractivity contribution in [3.8, 4) is 33.8 Å². The summed E-state index contributed by atoms with van der Waals surface area (Å²) in [6.45, 7) is 0.826. The van der Waals surface area contributed by atoms with Crippen molar-refractivity contribution >= 4 is 21.7 Å². The van der Waals surface area contributed by atoms with Crippen LogP contribution in [0, 0.1) is 0 Å². The summed E-state index contributed by atoms with van der Waals surface area (Å²) in [5, 5.41) is 0.762. The minimum absolute atomic E-state index is 0.762. The Morgan fingerprint density at radius 3 is 1.80 bits per heavy atom. The van der Waals surface area contributed by atoms with E-state index in [0.29, 0.717) is 0 Å². The second-order valence-electron chi connectivity index (χ2n) is 8.89. The first-order valence-corrected chi connectivity index (χ1v) is 14.2. The predicted molar refractivity (Wildman–Crippen MR) is 152 cm³/mol. The van der Waals surface area contributed by atoms with Gasteiger partial charge in [0.05, 0.1) is 0 Å². The molecule has 2 heterocycles. The third-order valence-corrected chi connectivity index (χ3v) is 6.91. The maximum atomic E-state index is 10.7. The lowest BCUT2D eigenvalue weighted by molar-refractivity contribution is -0.675. The largest absolute Gasteiger partial charge is 0.741 e. The lowest BCUT2D eigenvalue weighted by Gasteiger charge is -2.13. The van der Waals surface area contributed by atoms with Crippen LogP contribution in [0.1, 0.15) is 5.56 Å². The standard InChI is InChI=1S/C30H24ClN2.CHF3O3S/c31-27-16-14-23(15-17-27)18-20-33-29(25-11-5-2-6-12-25)21-26(24-9-3-1-4-10-24)22-30(33)28-13-7-8-19-32-28;2-1(3,4)8(5,6)7/h1-17,19,21-22H,18,20H2;(H,5,6,7)/q+1;/p-1. The Morgan fingerprint density at radius 2 is 1.27 bits per heavy atom. The number of aryl methyl sites for hydroxylation is 1. The van der Waals surface area contributed by atoms with Gasteiger partial charge in [0.15, 0.2) is 16.7 Å². The third-order valence-electron chi connectivity index (χ3n) is 6.09. The van der Waals surface area contributed by atoms with Gasteiger partial charge in [0.1, 0.15) is 5.69 Å². The fourth-order valence-corrected chi connectivity index (χ4v) is 4.25. The van der Waals surface area contributed by atoms with Crippen molar-refractivity contribution < 1.29 is 30.7 Å². The van der Waals surface area contributed by atoms with Crippen LogP contribution in [0.25, 0.3) is 33.8 Å². The zero-order valence-electron chi connectivity index (χ0n) is 21.5. The van der Waals surface area contributed by atoms with E-state index in [2.05, 4.69) is 95.6 Å². The van der Waals surface area contributed by atoms with Crippen molar-refractivity contribution in [2.45, 2.75) is 18.5 Å². The molecule has 0 aliphatic heterocycles. The van der Waals surface area contributed by atoms with Crippen LogP contribution in [0.4, 0.5) is 13.2 Å². The molecular formula is C31H24ClF3N2O3S. The molecule has 5 nitrogen and oxygen atoms in total. The molecule has 41 heavy (non-hydrogen) atoms. The average molecular weight is 597 g/mol. The van der Waals surface area contributed by atoms with E-state index >= 15 is 0 Å². The molecule has 0 spiro atoms. The van der Waals surface area contributed by atoms with E-state index in [9.17, 15) is 13.2 Å². The van der Waals surface area contributed by atoms with Crippen LogP contribution in [0.5, 0.6) is 0 Å². The van der Waals surface area contributed by atoms with Crippen LogP contribution in [-0.4, -0.2) is 23.5 Å². The molecule has 0 unspecified atom stereocenters. The van der Waals surface area contributed by atoms with Crippen LogP contribution in [0.3, 0.4) is 0 Å². The number of rotatable bonds is 6. The van der Waals surface area contributed by atoms with Gasteiger partial charge in [-0.05, 0) is 53.1 Å². The van der Waals surface area contributed by atoms with Crippen molar-refractivity contribution in [3.63, 3.8) is 0 Å². The molecule has 2 aromatic heterocycles. The third kappa shape index (κ3) is 8.00. The number of aromatic nitrogens is 2. The van der Waals surface area contributed by atoms with Crippen molar-refractivity contribution in [1.82, 2.24) is 4.98 Å². The van der Waals surface area contributed by atoms with Gasteiger partial charge < -0.3 is 4.55 Å². The number of hydrogen-bond acceptors (Lipinski definition) is 4. The molecule has 0 saturated heterocycles. The van der Waals surface area contributed by atoms with Crippen LogP contribution in [-0.2, 0) is 23.1 Å². The monoisotopic (exact) mass is 596 g/mol. The zero-order valence-corrected chi connectivity index (χ0v) is 23.1. The fraction of sp³-hybridized carbons (Fsp3) is 0.0968. The molecule has 0 atom stereocenters. The van der Waals surface area contributed by atoms with Crippen molar-refractivity contribution in [2.24, 2.45) is 0 Å². The minimum Gasteiger partial charge on any atom is -0.741 e. The SMILES string of the molecule is Clc1ccc(CC[n+]2c(-c3ccccc3)cc(-c3ccccc3)cc2-c2ccccn2)cc1.O=S(=O)([O-])C(F)(F)F. The molecule has 0 amide bonds. The summed E-state index contributed by atoms with van der Waals surface area (Å²) in [4.78, 5) is 4.71. The lowest BCUT2D eigenvalue weighted by atomic mass is 10.00. The molecule has 5 rings (SSSR count). The van der Waals surface area contributed by atoms with Crippen LogP contribution < -0.4 is 4.57 Å². The summed E-state index contributed by atoms with van der Waals surface area (Å²) < 4.78 is 61.3. The van der Waals surface area contributed by atoms with E-state index in [1.165, 1.54) is 27.9 Å². The van der Waals surface area contributed by atoms with Crippen molar-refractivity contribution in [1.29, 1.82) is 0 Å². The number of hydrogen-bond donors (Lipinski definition) is 0. The second-order valence-corrected chi connectivity index (χ2v) is 10.7. The maximum Gasteiger partial charge on any atom is 0.485 e. The van der Waals surface area contributed by atoms with Gasteiger partial charge in [-0.25, -0.2) is 13.4 Å². The summed E-state index contributed by atoms with van der Waals surface area (Å²) in [6, 6.07) is 39.9. The molecule has 10 heteroatoms. The normalized spacial score (nSPS) is 11.4. The molecule has 0 fully saturated rings. The smallest absolute Gasteiger partial charge is 0.485 e. The molecular weight excluding hydrogens is 573 g/mol. The van der Waals surface area contributed by atoms with Gasteiger partial charge in [-0.15, -0.1) is 0 Å². The quantitative estimate of drug-likeness (QED) is 0.117. The van der Waals surface area contributed by atoms with Gasteiger partial charge in [-0.1, -0.05) is 78.3 Å². The van der Waals surface area contributed by atoms with E-state index in [0.717, 1.165) is 29.4 Å². The number of benzene rings is 3. The Balaban J connectivity index is 0.000000426. The van der Waals surface area contributed by atoms with Crippen LogP contribution in [0.2, 0.25) is 5.02 Å². The van der Waals surface area contributed by atoms with Crippen LogP contribution >= 0.6 is 11.6 Å². The predicted octanol–water partition coefficient (Wildman–Crippen LogP) is 7.32. The highest BCUT2D eigenvalue weighted by molar-refractivity contribution is 7.86. The van der Waals surface area contributed by atoms with Crippen LogP contribution in [0.15, 0.2) is 121 Å². The van der Waals surface area contributed by atoms with E-state index in [-0.39, 0.29) is 0 Å². The number of halogens is 4. The van der Waals surface area contributed by atoms with Gasteiger partial charge in [0.25, 0.3) is 0 Å². The molecule has 0 aliphatic carbocycles. The Bertz CT molecular complexity index is 1620. The number of pyridine rings is 2. The first kappa shape index (κ1) is 29.9. The van der Waals surface area contributed by atoms with E-state index in [1.807, 2.05) is 30.5 Å². The highest BCUT2D eigenvalue weighted by Crippen LogP contribution is 2.28. The average Bonchev–Trinajstić information content (AvgIpc) is 2.97. The summed E-state index contributed by atoms with van der Waals surface area (Å²) >= 11 is 6.10. The molecule has 0 aliphatic rings. The van der Waals surface area contributed by atoms with Crippen molar-refractivity contribution in [2.75, 3.05) is 0 Å². The summed E-state index contributed by atoms with van der Waals surface area (Å²) in [7, 11) is -6.09. The molecule has 0 bridgehead atoms.